The first-order valence-corrected chi connectivity index (χ1v) is 7.46. The fourth-order valence-electron chi connectivity index (χ4n) is 2.13. The second kappa shape index (κ2) is 8.72. The lowest BCUT2D eigenvalue weighted by Crippen LogP contribution is -2.35. The summed E-state index contributed by atoms with van der Waals surface area (Å²) in [4.78, 5) is 11.7. The molecule has 2 aromatic carbocycles. The summed E-state index contributed by atoms with van der Waals surface area (Å²) in [5, 5.41) is 5.72. The van der Waals surface area contributed by atoms with E-state index >= 15 is 0 Å². The van der Waals surface area contributed by atoms with Crippen LogP contribution in [0.15, 0.2) is 54.6 Å². The molecule has 0 aliphatic rings. The number of urea groups is 1. The SMILES string of the molecule is COc1ccc(CNC(=O)NCCCc2ccccc2)cc1. The van der Waals surface area contributed by atoms with Crippen LogP contribution >= 0.6 is 0 Å². The summed E-state index contributed by atoms with van der Waals surface area (Å²) in [6.07, 6.45) is 1.90. The maximum atomic E-state index is 11.7. The lowest BCUT2D eigenvalue weighted by molar-refractivity contribution is 0.240. The van der Waals surface area contributed by atoms with E-state index in [1.807, 2.05) is 42.5 Å². The molecule has 0 aliphatic heterocycles. The number of rotatable bonds is 7. The van der Waals surface area contributed by atoms with Gasteiger partial charge in [0.15, 0.2) is 0 Å². The zero-order valence-electron chi connectivity index (χ0n) is 12.8. The molecule has 0 unspecified atom stereocenters. The Hall–Kier alpha value is -2.49. The first kappa shape index (κ1) is 15.9. The molecule has 4 nitrogen and oxygen atoms in total. The topological polar surface area (TPSA) is 50.4 Å². The number of nitrogens with one attached hydrogen (secondary N) is 2. The quantitative estimate of drug-likeness (QED) is 0.772. The molecular formula is C18H22N2O2. The van der Waals surface area contributed by atoms with Gasteiger partial charge in [-0.1, -0.05) is 42.5 Å². The molecule has 0 heterocycles. The Bertz CT molecular complexity index is 567. The number of amides is 2. The standard InChI is InChI=1S/C18H22N2O2/c1-22-17-11-9-16(10-12-17)14-20-18(21)19-13-5-8-15-6-3-2-4-7-15/h2-4,6-7,9-12H,5,8,13-14H2,1H3,(H2,19,20,21). The normalized spacial score (nSPS) is 10.0. The number of carbonyl (C=O) groups is 1. The van der Waals surface area contributed by atoms with Gasteiger partial charge in [0.25, 0.3) is 0 Å². The summed E-state index contributed by atoms with van der Waals surface area (Å²) in [6, 6.07) is 17.8. The van der Waals surface area contributed by atoms with Gasteiger partial charge in [-0.15, -0.1) is 0 Å². The molecule has 2 amide bonds. The van der Waals surface area contributed by atoms with Crippen molar-refractivity contribution in [1.29, 1.82) is 0 Å². The molecule has 0 saturated carbocycles. The first-order valence-electron chi connectivity index (χ1n) is 7.46. The molecule has 2 rings (SSSR count). The molecule has 4 heteroatoms. The minimum atomic E-state index is -0.135. The van der Waals surface area contributed by atoms with Crippen LogP contribution in [0.5, 0.6) is 5.75 Å². The van der Waals surface area contributed by atoms with Gasteiger partial charge in [-0.2, -0.15) is 0 Å². The van der Waals surface area contributed by atoms with E-state index in [4.69, 9.17) is 4.74 Å². The Morgan fingerprint density at radius 1 is 0.955 bits per heavy atom. The average molecular weight is 298 g/mol. The van der Waals surface area contributed by atoms with Crippen molar-refractivity contribution in [3.8, 4) is 5.75 Å². The Balaban J connectivity index is 1.61. The number of ether oxygens (including phenoxy) is 1. The van der Waals surface area contributed by atoms with Crippen LogP contribution in [0.4, 0.5) is 4.79 Å². The maximum Gasteiger partial charge on any atom is 0.315 e. The lowest BCUT2D eigenvalue weighted by Gasteiger charge is -2.08. The molecule has 0 saturated heterocycles. The third-order valence-corrected chi connectivity index (χ3v) is 3.38. The fraction of sp³-hybridized carbons (Fsp3) is 0.278. The van der Waals surface area contributed by atoms with E-state index in [1.165, 1.54) is 5.56 Å². The summed E-state index contributed by atoms with van der Waals surface area (Å²) in [5.41, 5.74) is 2.34. The molecule has 0 spiro atoms. The van der Waals surface area contributed by atoms with Crippen molar-refractivity contribution in [3.63, 3.8) is 0 Å². The van der Waals surface area contributed by atoms with Crippen LogP contribution in [-0.4, -0.2) is 19.7 Å². The molecule has 2 N–H and O–H groups in total. The van der Waals surface area contributed by atoms with E-state index in [-0.39, 0.29) is 6.03 Å². The number of benzene rings is 2. The second-order valence-electron chi connectivity index (χ2n) is 5.05. The third kappa shape index (κ3) is 5.48. The zero-order chi connectivity index (χ0) is 15.6. The van der Waals surface area contributed by atoms with E-state index in [9.17, 15) is 4.79 Å². The van der Waals surface area contributed by atoms with Crippen LogP contribution in [0.3, 0.4) is 0 Å². The van der Waals surface area contributed by atoms with E-state index in [0.717, 1.165) is 24.2 Å². The van der Waals surface area contributed by atoms with E-state index in [0.29, 0.717) is 13.1 Å². The molecule has 0 fully saturated rings. The highest BCUT2D eigenvalue weighted by Gasteiger charge is 2.00. The maximum absolute atomic E-state index is 11.7. The number of carbonyl (C=O) groups excluding carboxylic acids is 1. The average Bonchev–Trinajstić information content (AvgIpc) is 2.58. The molecule has 22 heavy (non-hydrogen) atoms. The minimum absolute atomic E-state index is 0.135. The van der Waals surface area contributed by atoms with Gasteiger partial charge in [0, 0.05) is 13.1 Å². The monoisotopic (exact) mass is 298 g/mol. The first-order chi connectivity index (χ1) is 10.8. The molecule has 0 radical (unpaired) electrons. The largest absolute Gasteiger partial charge is 0.497 e. The van der Waals surface area contributed by atoms with E-state index < -0.39 is 0 Å². The highest BCUT2D eigenvalue weighted by Crippen LogP contribution is 2.10. The summed E-state index contributed by atoms with van der Waals surface area (Å²) in [5.74, 6) is 0.814. The molecule has 0 atom stereocenters. The Morgan fingerprint density at radius 2 is 1.68 bits per heavy atom. The molecule has 0 bridgehead atoms. The van der Waals surface area contributed by atoms with Crippen molar-refractivity contribution in [2.45, 2.75) is 19.4 Å². The van der Waals surface area contributed by atoms with Crippen molar-refractivity contribution in [2.24, 2.45) is 0 Å². The van der Waals surface area contributed by atoms with Crippen molar-refractivity contribution in [2.75, 3.05) is 13.7 Å². The molecule has 116 valence electrons. The fourth-order valence-corrected chi connectivity index (χ4v) is 2.13. The third-order valence-electron chi connectivity index (χ3n) is 3.38. The Labute approximate surface area is 131 Å². The number of hydrogen-bond donors (Lipinski definition) is 2. The van der Waals surface area contributed by atoms with Crippen molar-refractivity contribution in [3.05, 3.63) is 65.7 Å². The predicted octanol–water partition coefficient (Wildman–Crippen LogP) is 3.13. The molecule has 2 aromatic rings. The van der Waals surface area contributed by atoms with Crippen molar-refractivity contribution >= 4 is 6.03 Å². The van der Waals surface area contributed by atoms with Crippen LogP contribution in [0.1, 0.15) is 17.5 Å². The van der Waals surface area contributed by atoms with Crippen LogP contribution in [-0.2, 0) is 13.0 Å². The van der Waals surface area contributed by atoms with Crippen LogP contribution in [0, 0.1) is 0 Å². The van der Waals surface area contributed by atoms with Crippen molar-refractivity contribution in [1.82, 2.24) is 10.6 Å². The van der Waals surface area contributed by atoms with Crippen LogP contribution in [0.25, 0.3) is 0 Å². The summed E-state index contributed by atoms with van der Waals surface area (Å²) < 4.78 is 5.10. The highest BCUT2D eigenvalue weighted by atomic mass is 16.5. The Kier molecular flexibility index (Phi) is 6.30. The number of methoxy groups -OCH3 is 1. The lowest BCUT2D eigenvalue weighted by atomic mass is 10.1. The van der Waals surface area contributed by atoms with Gasteiger partial charge in [0.05, 0.1) is 7.11 Å². The van der Waals surface area contributed by atoms with Gasteiger partial charge in [-0.3, -0.25) is 0 Å². The van der Waals surface area contributed by atoms with Crippen molar-refractivity contribution < 1.29 is 9.53 Å². The van der Waals surface area contributed by atoms with E-state index in [2.05, 4.69) is 22.8 Å². The van der Waals surface area contributed by atoms with Gasteiger partial charge in [0.2, 0.25) is 0 Å². The summed E-state index contributed by atoms with van der Waals surface area (Å²) in [7, 11) is 1.64. The van der Waals surface area contributed by atoms with Gasteiger partial charge in [-0.25, -0.2) is 4.79 Å². The second-order valence-corrected chi connectivity index (χ2v) is 5.05. The zero-order valence-corrected chi connectivity index (χ0v) is 12.8. The molecule has 0 aliphatic carbocycles. The van der Waals surface area contributed by atoms with Gasteiger partial charge in [0.1, 0.15) is 5.75 Å². The minimum Gasteiger partial charge on any atom is -0.497 e. The predicted molar refractivity (Wildman–Crippen MR) is 88.0 cm³/mol. The summed E-state index contributed by atoms with van der Waals surface area (Å²) in [6.45, 7) is 1.18. The highest BCUT2D eigenvalue weighted by molar-refractivity contribution is 5.73. The number of hydrogen-bond acceptors (Lipinski definition) is 2. The van der Waals surface area contributed by atoms with Crippen LogP contribution < -0.4 is 15.4 Å². The molecular weight excluding hydrogens is 276 g/mol. The molecule has 0 aromatic heterocycles. The van der Waals surface area contributed by atoms with Gasteiger partial charge < -0.3 is 15.4 Å². The van der Waals surface area contributed by atoms with E-state index in [1.54, 1.807) is 7.11 Å². The number of aryl methyl sites for hydroxylation is 1. The van der Waals surface area contributed by atoms with Gasteiger partial charge >= 0.3 is 6.03 Å². The van der Waals surface area contributed by atoms with Crippen LogP contribution in [0.2, 0.25) is 0 Å². The van der Waals surface area contributed by atoms with Gasteiger partial charge in [-0.05, 0) is 36.1 Å². The Morgan fingerprint density at radius 3 is 2.36 bits per heavy atom. The smallest absolute Gasteiger partial charge is 0.315 e. The summed E-state index contributed by atoms with van der Waals surface area (Å²) >= 11 is 0.